The third-order valence-corrected chi connectivity index (χ3v) is 12.2. The van der Waals surface area contributed by atoms with E-state index in [2.05, 4.69) is 66.8 Å². The molecule has 0 spiro atoms. The Morgan fingerprint density at radius 1 is 1.18 bits per heavy atom. The number of hydrogen-bond acceptors (Lipinski definition) is 4. The summed E-state index contributed by atoms with van der Waals surface area (Å²) in [6.45, 7) is 14.3. The highest BCUT2D eigenvalue weighted by Crippen LogP contribution is 2.38. The molecule has 2 atom stereocenters. The van der Waals surface area contributed by atoms with Crippen LogP contribution in [0.2, 0.25) is 18.1 Å². The minimum absolute atomic E-state index is 0.118. The van der Waals surface area contributed by atoms with Gasteiger partial charge in [0.05, 0.1) is 12.1 Å². The number of carbonyl (C=O) groups excluding carboxylic acids is 1. The maximum absolute atomic E-state index is 13.0. The maximum Gasteiger partial charge on any atom is 0.410 e. The zero-order valence-corrected chi connectivity index (χ0v) is 24.0. The van der Waals surface area contributed by atoms with Gasteiger partial charge >= 0.3 is 6.09 Å². The van der Waals surface area contributed by atoms with Crippen LogP contribution in [0.15, 0.2) is 59.1 Å². The van der Waals surface area contributed by atoms with Crippen LogP contribution in [0.1, 0.15) is 44.4 Å². The third kappa shape index (κ3) is 7.17. The van der Waals surface area contributed by atoms with Crippen molar-refractivity contribution in [3.05, 3.63) is 70.2 Å². The van der Waals surface area contributed by atoms with E-state index in [9.17, 15) is 4.79 Å². The van der Waals surface area contributed by atoms with Gasteiger partial charge in [-0.2, -0.15) is 0 Å². The van der Waals surface area contributed by atoms with Crippen molar-refractivity contribution in [3.8, 4) is 0 Å². The van der Waals surface area contributed by atoms with E-state index in [1.807, 2.05) is 49.5 Å². The van der Waals surface area contributed by atoms with Gasteiger partial charge in [0.2, 0.25) is 0 Å². The Balaban J connectivity index is 1.68. The molecule has 3 rings (SSSR count). The molecular weight excluding hydrogens is 508 g/mol. The lowest BCUT2D eigenvalue weighted by atomic mass is 10.1. The van der Waals surface area contributed by atoms with E-state index in [0.717, 1.165) is 41.7 Å². The van der Waals surface area contributed by atoms with Gasteiger partial charge in [-0.15, -0.1) is 0 Å². The van der Waals surface area contributed by atoms with Crippen LogP contribution in [-0.2, 0) is 15.8 Å². The Bertz CT molecular complexity index is 948. The lowest BCUT2D eigenvalue weighted by molar-refractivity contribution is 0.0819. The number of rotatable bonds is 8. The van der Waals surface area contributed by atoms with Crippen LogP contribution in [-0.4, -0.2) is 57.0 Å². The second kappa shape index (κ2) is 11.4. The van der Waals surface area contributed by atoms with Gasteiger partial charge in [-0.05, 0) is 47.8 Å². The molecule has 7 heteroatoms. The highest BCUT2D eigenvalue weighted by molar-refractivity contribution is 9.10. The zero-order chi connectivity index (χ0) is 24.9. The van der Waals surface area contributed by atoms with Gasteiger partial charge < -0.3 is 14.1 Å². The van der Waals surface area contributed by atoms with Crippen molar-refractivity contribution in [3.63, 3.8) is 0 Å². The summed E-state index contributed by atoms with van der Waals surface area (Å²) in [6, 6.07) is 17.9. The largest absolute Gasteiger partial charge is 0.445 e. The molecule has 0 radical (unpaired) electrons. The molecule has 1 amide bonds. The lowest BCUT2D eigenvalue weighted by Crippen LogP contribution is -2.45. The van der Waals surface area contributed by atoms with Crippen molar-refractivity contribution in [2.75, 3.05) is 26.7 Å². The summed E-state index contributed by atoms with van der Waals surface area (Å²) in [5, 5.41) is 0.196. The summed E-state index contributed by atoms with van der Waals surface area (Å²) >= 11 is 3.59. The summed E-state index contributed by atoms with van der Waals surface area (Å²) in [7, 11) is 0.0210. The number of amides is 1. The molecule has 2 aromatic carbocycles. The summed E-state index contributed by atoms with van der Waals surface area (Å²) in [6.07, 6.45) is 0.960. The van der Waals surface area contributed by atoms with Crippen molar-refractivity contribution < 1.29 is 14.0 Å². The van der Waals surface area contributed by atoms with Crippen molar-refractivity contribution in [1.29, 1.82) is 0 Å². The fourth-order valence-electron chi connectivity index (χ4n) is 4.01. The van der Waals surface area contributed by atoms with E-state index in [-0.39, 0.29) is 29.9 Å². The first-order chi connectivity index (χ1) is 16.0. The Hall–Kier alpha value is -1.67. The molecule has 0 aliphatic carbocycles. The number of carbonyl (C=O) groups is 1. The van der Waals surface area contributed by atoms with Gasteiger partial charge in [-0.3, -0.25) is 4.90 Å². The predicted molar refractivity (Wildman–Crippen MR) is 144 cm³/mol. The molecule has 186 valence electrons. The Kier molecular flexibility index (Phi) is 9.01. The molecule has 0 N–H and O–H groups in total. The third-order valence-electron chi connectivity index (χ3n) is 7.12. The maximum atomic E-state index is 13.0. The topological polar surface area (TPSA) is 42.0 Å². The normalized spacial score (nSPS) is 18.0. The van der Waals surface area contributed by atoms with E-state index in [1.165, 1.54) is 0 Å². The molecule has 34 heavy (non-hydrogen) atoms. The monoisotopic (exact) mass is 546 g/mol. The van der Waals surface area contributed by atoms with Crippen LogP contribution < -0.4 is 0 Å². The van der Waals surface area contributed by atoms with E-state index in [0.29, 0.717) is 0 Å². The van der Waals surface area contributed by atoms with Crippen LogP contribution >= 0.6 is 15.9 Å². The fraction of sp³-hybridized carbons (Fsp3) is 0.519. The van der Waals surface area contributed by atoms with Crippen LogP contribution in [0, 0.1) is 0 Å². The van der Waals surface area contributed by atoms with Gasteiger partial charge in [0.1, 0.15) is 6.61 Å². The first kappa shape index (κ1) is 26.9. The zero-order valence-electron chi connectivity index (χ0n) is 21.4. The minimum Gasteiger partial charge on any atom is -0.445 e. The summed E-state index contributed by atoms with van der Waals surface area (Å²) in [5.74, 6) is 0. The van der Waals surface area contributed by atoms with E-state index in [4.69, 9.17) is 9.16 Å². The van der Waals surface area contributed by atoms with Crippen LogP contribution in [0.25, 0.3) is 0 Å². The van der Waals surface area contributed by atoms with Crippen molar-refractivity contribution in [2.45, 2.75) is 64.1 Å². The first-order valence-corrected chi connectivity index (χ1v) is 15.8. The van der Waals surface area contributed by atoms with Gasteiger partial charge in [-0.1, -0.05) is 79.2 Å². The highest BCUT2D eigenvalue weighted by Gasteiger charge is 2.41. The smallest absolute Gasteiger partial charge is 0.410 e. The predicted octanol–water partition coefficient (Wildman–Crippen LogP) is 6.85. The Morgan fingerprint density at radius 2 is 1.88 bits per heavy atom. The second-order valence-electron chi connectivity index (χ2n) is 10.8. The molecule has 5 nitrogen and oxygen atoms in total. The van der Waals surface area contributed by atoms with E-state index in [1.54, 1.807) is 4.90 Å². The van der Waals surface area contributed by atoms with Gasteiger partial charge in [0, 0.05) is 31.2 Å². The average Bonchev–Trinajstić information content (AvgIpc) is 3.21. The molecule has 1 saturated heterocycles. The van der Waals surface area contributed by atoms with Crippen LogP contribution in [0.5, 0.6) is 0 Å². The molecule has 1 heterocycles. The van der Waals surface area contributed by atoms with Crippen molar-refractivity contribution >= 4 is 30.3 Å². The molecule has 0 unspecified atom stereocenters. The van der Waals surface area contributed by atoms with Crippen molar-refractivity contribution in [2.24, 2.45) is 0 Å². The number of hydrogen-bond donors (Lipinski definition) is 0. The SMILES string of the molecule is CN(C(=O)OCc1ccccc1)[C@H](CN1CC[C@@H](O[Si](C)(C)C(C)(C)C)C1)c1cccc(Br)c1. The molecule has 1 aliphatic heterocycles. The Labute approximate surface area is 214 Å². The molecule has 0 saturated carbocycles. The fourth-order valence-corrected chi connectivity index (χ4v) is 5.81. The number of likely N-dealkylation sites (tertiary alicyclic amines) is 1. The standard InChI is InChI=1S/C27H39BrN2O3Si/c1-27(2,3)34(5,6)33-24-15-16-30(18-24)19-25(22-13-10-14-23(28)17-22)29(4)26(31)32-20-21-11-8-7-9-12-21/h7-14,17,24-25H,15-16,18-20H2,1-6H3/t24-,25-/m1/s1. The number of benzene rings is 2. The van der Waals surface area contributed by atoms with Crippen LogP contribution in [0.3, 0.4) is 0 Å². The number of likely N-dealkylation sites (N-methyl/N-ethyl adjacent to an activating group) is 1. The van der Waals surface area contributed by atoms with Crippen molar-refractivity contribution in [1.82, 2.24) is 9.80 Å². The second-order valence-corrected chi connectivity index (χ2v) is 16.4. The molecular formula is C27H39BrN2O3Si. The van der Waals surface area contributed by atoms with E-state index < -0.39 is 8.32 Å². The molecule has 1 aliphatic rings. The average molecular weight is 548 g/mol. The summed E-state index contributed by atoms with van der Waals surface area (Å²) in [5.41, 5.74) is 2.07. The molecule has 0 aromatic heterocycles. The van der Waals surface area contributed by atoms with E-state index >= 15 is 0 Å². The molecule has 0 bridgehead atoms. The summed E-state index contributed by atoms with van der Waals surface area (Å²) in [4.78, 5) is 17.2. The quantitative estimate of drug-likeness (QED) is 0.339. The van der Waals surface area contributed by atoms with Gasteiger partial charge in [-0.25, -0.2) is 4.79 Å². The highest BCUT2D eigenvalue weighted by atomic mass is 79.9. The number of ether oxygens (including phenoxy) is 1. The van der Waals surface area contributed by atoms with Gasteiger partial charge in [0.25, 0.3) is 0 Å². The minimum atomic E-state index is -1.81. The molecule has 2 aromatic rings. The van der Waals surface area contributed by atoms with Crippen LogP contribution in [0.4, 0.5) is 4.79 Å². The Morgan fingerprint density at radius 3 is 2.53 bits per heavy atom. The first-order valence-electron chi connectivity index (χ1n) is 12.1. The lowest BCUT2D eigenvalue weighted by Gasteiger charge is -2.38. The summed E-state index contributed by atoms with van der Waals surface area (Å²) < 4.78 is 13.3. The molecule has 1 fully saturated rings. The number of nitrogens with zero attached hydrogens (tertiary/aromatic N) is 2. The van der Waals surface area contributed by atoms with Gasteiger partial charge in [0.15, 0.2) is 8.32 Å². The number of halogens is 1.